The average molecular weight is 333 g/mol. The molecule has 4 rings (SSSR count). The van der Waals surface area contributed by atoms with Crippen molar-refractivity contribution in [3.05, 3.63) is 69.5 Å². The molecule has 0 spiro atoms. The van der Waals surface area contributed by atoms with Gasteiger partial charge in [0.2, 0.25) is 0 Å². The lowest BCUT2D eigenvalue weighted by Crippen LogP contribution is -2.09. The van der Waals surface area contributed by atoms with Crippen molar-refractivity contribution in [2.45, 2.75) is 13.8 Å². The molecule has 1 N–H and O–H groups in total. The van der Waals surface area contributed by atoms with E-state index in [1.165, 1.54) is 16.9 Å². The van der Waals surface area contributed by atoms with Gasteiger partial charge < -0.3 is 4.98 Å². The van der Waals surface area contributed by atoms with Crippen LogP contribution in [0.25, 0.3) is 32.9 Å². The van der Waals surface area contributed by atoms with Gasteiger partial charge in [0.05, 0.1) is 5.39 Å². The molecule has 0 unspecified atom stereocenters. The summed E-state index contributed by atoms with van der Waals surface area (Å²) in [5.41, 5.74) is 4.91. The van der Waals surface area contributed by atoms with Gasteiger partial charge in [-0.1, -0.05) is 29.8 Å². The van der Waals surface area contributed by atoms with Crippen LogP contribution in [-0.2, 0) is 0 Å². The van der Waals surface area contributed by atoms with Crippen molar-refractivity contribution in [2.24, 2.45) is 0 Å². The third-order valence-electron chi connectivity index (χ3n) is 4.02. The van der Waals surface area contributed by atoms with Crippen LogP contribution in [0.3, 0.4) is 0 Å². The summed E-state index contributed by atoms with van der Waals surface area (Å²) in [6.45, 7) is 4.13. The Hall–Kier alpha value is -2.79. The van der Waals surface area contributed by atoms with Gasteiger partial charge in [-0.3, -0.25) is 9.78 Å². The molecule has 0 bridgehead atoms. The van der Waals surface area contributed by atoms with Gasteiger partial charge in [0.15, 0.2) is 5.82 Å². The second-order valence-electron chi connectivity index (χ2n) is 5.78. The number of nitrogens with zero attached hydrogens (tertiary/aromatic N) is 2. The highest BCUT2D eigenvalue weighted by Crippen LogP contribution is 2.33. The molecule has 24 heavy (non-hydrogen) atoms. The van der Waals surface area contributed by atoms with Crippen molar-refractivity contribution in [3.63, 3.8) is 0 Å². The number of hydrogen-bond donors (Lipinski definition) is 1. The Balaban J connectivity index is 1.93. The molecule has 3 aromatic heterocycles. The van der Waals surface area contributed by atoms with Crippen LogP contribution in [-0.4, -0.2) is 15.0 Å². The average Bonchev–Trinajstić information content (AvgIpc) is 3.00. The molecule has 0 radical (unpaired) electrons. The Morgan fingerprint density at radius 1 is 1.08 bits per heavy atom. The van der Waals surface area contributed by atoms with E-state index in [4.69, 9.17) is 0 Å². The normalized spacial score (nSPS) is 11.1. The Labute approximate surface area is 142 Å². The molecule has 0 aliphatic rings. The summed E-state index contributed by atoms with van der Waals surface area (Å²) in [5.74, 6) is 0.502. The molecule has 0 fully saturated rings. The van der Waals surface area contributed by atoms with Gasteiger partial charge in [-0.15, -0.1) is 11.3 Å². The second-order valence-corrected chi connectivity index (χ2v) is 6.64. The molecule has 0 saturated heterocycles. The maximum Gasteiger partial charge on any atom is 0.260 e. The largest absolute Gasteiger partial charge is 0.305 e. The summed E-state index contributed by atoms with van der Waals surface area (Å²) in [7, 11) is 0. The molecule has 118 valence electrons. The zero-order valence-electron chi connectivity index (χ0n) is 13.3. The first-order chi connectivity index (χ1) is 11.6. The molecular formula is C19H15N3OS. The number of hydrogen-bond acceptors (Lipinski definition) is 4. The number of aromatic amines is 1. The van der Waals surface area contributed by atoms with Gasteiger partial charge >= 0.3 is 0 Å². The zero-order chi connectivity index (χ0) is 16.7. The summed E-state index contributed by atoms with van der Waals surface area (Å²) < 4.78 is 0. The van der Waals surface area contributed by atoms with E-state index in [0.29, 0.717) is 16.9 Å². The highest BCUT2D eigenvalue weighted by atomic mass is 32.1. The molecule has 0 aliphatic carbocycles. The van der Waals surface area contributed by atoms with E-state index in [0.717, 1.165) is 21.5 Å². The minimum absolute atomic E-state index is 0.128. The van der Waals surface area contributed by atoms with Gasteiger partial charge in [0, 0.05) is 17.1 Å². The molecule has 5 heteroatoms. The van der Waals surface area contributed by atoms with Crippen LogP contribution >= 0.6 is 11.3 Å². The number of H-pyrrole nitrogens is 1. The minimum Gasteiger partial charge on any atom is -0.305 e. The third kappa shape index (κ3) is 2.43. The van der Waals surface area contributed by atoms with Gasteiger partial charge in [-0.2, -0.15) is 0 Å². The summed E-state index contributed by atoms with van der Waals surface area (Å²) >= 11 is 1.49. The van der Waals surface area contributed by atoms with Crippen molar-refractivity contribution in [1.82, 2.24) is 15.0 Å². The van der Waals surface area contributed by atoms with Gasteiger partial charge in [-0.05, 0) is 37.1 Å². The Bertz CT molecular complexity index is 1100. The van der Waals surface area contributed by atoms with Gasteiger partial charge in [0.25, 0.3) is 5.56 Å². The minimum atomic E-state index is -0.128. The molecule has 0 saturated carbocycles. The molecule has 4 aromatic rings. The summed E-state index contributed by atoms with van der Waals surface area (Å²) in [6, 6.07) is 11.8. The van der Waals surface area contributed by atoms with Crippen LogP contribution in [0.4, 0.5) is 0 Å². The number of benzene rings is 1. The highest BCUT2D eigenvalue weighted by molar-refractivity contribution is 7.17. The van der Waals surface area contributed by atoms with Crippen molar-refractivity contribution >= 4 is 21.6 Å². The van der Waals surface area contributed by atoms with Crippen LogP contribution < -0.4 is 5.56 Å². The van der Waals surface area contributed by atoms with Crippen LogP contribution in [0.2, 0.25) is 0 Å². The molecule has 0 aliphatic heterocycles. The van der Waals surface area contributed by atoms with E-state index in [1.54, 1.807) is 6.20 Å². The summed E-state index contributed by atoms with van der Waals surface area (Å²) in [5, 5.41) is 2.65. The van der Waals surface area contributed by atoms with E-state index < -0.39 is 0 Å². The molecule has 0 atom stereocenters. The Morgan fingerprint density at radius 2 is 1.96 bits per heavy atom. The van der Waals surface area contributed by atoms with Gasteiger partial charge in [-0.25, -0.2) is 4.98 Å². The van der Waals surface area contributed by atoms with Crippen LogP contribution in [0, 0.1) is 13.8 Å². The number of rotatable bonds is 2. The number of nitrogens with one attached hydrogen (secondary N) is 1. The molecule has 4 nitrogen and oxygen atoms in total. The predicted octanol–water partition coefficient (Wildman–Crippen LogP) is 4.33. The summed E-state index contributed by atoms with van der Waals surface area (Å²) in [6.07, 6.45) is 1.69. The van der Waals surface area contributed by atoms with Crippen molar-refractivity contribution in [2.75, 3.05) is 0 Å². The standard InChI is InChI=1S/C19H15N3OS/c1-11-6-7-13(12(2)9-11)14-10-24-19-16(14)18(23)21-17(22-19)15-5-3-4-8-20-15/h3-10H,1-2H3,(H,21,22,23). The first-order valence-electron chi connectivity index (χ1n) is 7.64. The molecule has 0 amide bonds. The lowest BCUT2D eigenvalue weighted by atomic mass is 9.99. The van der Waals surface area contributed by atoms with Crippen molar-refractivity contribution in [1.29, 1.82) is 0 Å². The summed E-state index contributed by atoms with van der Waals surface area (Å²) in [4.78, 5) is 25.1. The first-order valence-corrected chi connectivity index (χ1v) is 8.52. The molecular weight excluding hydrogens is 318 g/mol. The first kappa shape index (κ1) is 14.8. The van der Waals surface area contributed by atoms with Crippen LogP contribution in [0.15, 0.2) is 52.8 Å². The fourth-order valence-corrected chi connectivity index (χ4v) is 3.83. The maximum atomic E-state index is 12.7. The van der Waals surface area contributed by atoms with Crippen molar-refractivity contribution < 1.29 is 0 Å². The fourth-order valence-electron chi connectivity index (χ4n) is 2.89. The Morgan fingerprint density at radius 3 is 2.71 bits per heavy atom. The molecule has 1 aromatic carbocycles. The van der Waals surface area contributed by atoms with Crippen molar-refractivity contribution in [3.8, 4) is 22.6 Å². The van der Waals surface area contributed by atoms with E-state index in [9.17, 15) is 4.79 Å². The zero-order valence-corrected chi connectivity index (χ0v) is 14.1. The number of thiophene rings is 1. The van der Waals surface area contributed by atoms with E-state index >= 15 is 0 Å². The molecule has 3 heterocycles. The number of fused-ring (bicyclic) bond motifs is 1. The lowest BCUT2D eigenvalue weighted by molar-refractivity contribution is 1.15. The maximum absolute atomic E-state index is 12.7. The second kappa shape index (κ2) is 5.69. The number of aryl methyl sites for hydroxylation is 2. The smallest absolute Gasteiger partial charge is 0.260 e. The number of pyridine rings is 1. The van der Waals surface area contributed by atoms with Crippen LogP contribution in [0.1, 0.15) is 11.1 Å². The third-order valence-corrected chi connectivity index (χ3v) is 4.90. The quantitative estimate of drug-likeness (QED) is 0.594. The van der Waals surface area contributed by atoms with E-state index in [-0.39, 0.29) is 5.56 Å². The fraction of sp³-hybridized carbons (Fsp3) is 0.105. The monoisotopic (exact) mass is 333 g/mol. The lowest BCUT2D eigenvalue weighted by Gasteiger charge is -2.06. The topological polar surface area (TPSA) is 58.6 Å². The van der Waals surface area contributed by atoms with E-state index in [2.05, 4.69) is 47.0 Å². The predicted molar refractivity (Wildman–Crippen MR) is 98.4 cm³/mol. The Kier molecular flexibility index (Phi) is 3.50. The highest BCUT2D eigenvalue weighted by Gasteiger charge is 2.15. The van der Waals surface area contributed by atoms with Crippen LogP contribution in [0.5, 0.6) is 0 Å². The SMILES string of the molecule is Cc1ccc(-c2csc3nc(-c4ccccn4)[nH]c(=O)c23)c(C)c1. The number of aromatic nitrogens is 3. The van der Waals surface area contributed by atoms with Gasteiger partial charge in [0.1, 0.15) is 10.5 Å². The van der Waals surface area contributed by atoms with E-state index in [1.807, 2.05) is 23.6 Å².